The Bertz CT molecular complexity index is 377. The highest BCUT2D eigenvalue weighted by molar-refractivity contribution is 7.11. The van der Waals surface area contributed by atoms with Crippen molar-refractivity contribution >= 4 is 11.3 Å². The van der Waals surface area contributed by atoms with Gasteiger partial charge in [-0.2, -0.15) is 13.2 Å². The summed E-state index contributed by atoms with van der Waals surface area (Å²) >= 11 is 1.14. The predicted octanol–water partition coefficient (Wildman–Crippen LogP) is 3.57. The van der Waals surface area contributed by atoms with Gasteiger partial charge in [-0.05, 0) is 6.54 Å². The van der Waals surface area contributed by atoms with Crippen LogP contribution < -0.4 is 5.32 Å². The van der Waals surface area contributed by atoms with Crippen LogP contribution >= 0.6 is 11.3 Å². The van der Waals surface area contributed by atoms with Crippen LogP contribution in [0.15, 0.2) is 0 Å². The van der Waals surface area contributed by atoms with Gasteiger partial charge in [0.05, 0.1) is 9.88 Å². The molecule has 0 aliphatic rings. The fourth-order valence-corrected chi connectivity index (χ4v) is 2.36. The van der Waals surface area contributed by atoms with Crippen molar-refractivity contribution in [1.82, 2.24) is 10.3 Å². The van der Waals surface area contributed by atoms with Crippen LogP contribution in [0.1, 0.15) is 43.3 Å². The molecule has 2 nitrogen and oxygen atoms in total. The minimum absolute atomic E-state index is 0.221. The number of hydrogen-bond donors (Lipinski definition) is 1. The van der Waals surface area contributed by atoms with E-state index in [2.05, 4.69) is 10.3 Å². The van der Waals surface area contributed by atoms with Gasteiger partial charge in [0, 0.05) is 12.0 Å². The van der Waals surface area contributed by atoms with Crippen LogP contribution in [0.5, 0.6) is 0 Å². The van der Waals surface area contributed by atoms with Gasteiger partial charge in [0.15, 0.2) is 5.69 Å². The topological polar surface area (TPSA) is 24.9 Å². The summed E-state index contributed by atoms with van der Waals surface area (Å²) in [7, 11) is 0. The second kappa shape index (κ2) is 4.94. The van der Waals surface area contributed by atoms with Crippen LogP contribution in [0.25, 0.3) is 0 Å². The second-order valence-electron chi connectivity index (χ2n) is 4.82. The predicted molar refractivity (Wildman–Crippen MR) is 63.2 cm³/mol. The Morgan fingerprint density at radius 1 is 1.24 bits per heavy atom. The van der Waals surface area contributed by atoms with Crippen LogP contribution in [0.3, 0.4) is 0 Å². The summed E-state index contributed by atoms with van der Waals surface area (Å²) in [6.07, 6.45) is -4.37. The number of aromatic nitrogens is 1. The molecular weight excluding hydrogens is 249 g/mol. The zero-order valence-corrected chi connectivity index (χ0v) is 11.2. The van der Waals surface area contributed by atoms with Gasteiger partial charge in [-0.15, -0.1) is 11.3 Å². The van der Waals surface area contributed by atoms with Gasteiger partial charge in [-0.1, -0.05) is 27.7 Å². The normalized spacial score (nSPS) is 13.1. The molecule has 0 saturated carbocycles. The third kappa shape index (κ3) is 3.67. The van der Waals surface area contributed by atoms with Gasteiger partial charge >= 0.3 is 6.18 Å². The zero-order chi connectivity index (χ0) is 13.3. The van der Waals surface area contributed by atoms with E-state index in [-0.39, 0.29) is 16.8 Å². The molecule has 0 radical (unpaired) electrons. The van der Waals surface area contributed by atoms with Crippen molar-refractivity contribution in [3.8, 4) is 0 Å². The maximum Gasteiger partial charge on any atom is 0.434 e. The van der Waals surface area contributed by atoms with E-state index in [0.29, 0.717) is 11.6 Å². The molecule has 17 heavy (non-hydrogen) atoms. The number of nitrogens with zero attached hydrogens (tertiary/aromatic N) is 1. The van der Waals surface area contributed by atoms with Gasteiger partial charge in [0.2, 0.25) is 0 Å². The molecule has 6 heteroatoms. The fourth-order valence-electron chi connectivity index (χ4n) is 1.25. The summed E-state index contributed by atoms with van der Waals surface area (Å²) in [5.41, 5.74) is -1.09. The van der Waals surface area contributed by atoms with E-state index in [1.807, 2.05) is 27.7 Å². The first-order chi connectivity index (χ1) is 7.66. The molecule has 0 atom stereocenters. The highest BCUT2D eigenvalue weighted by Gasteiger charge is 2.38. The molecule has 0 aromatic carbocycles. The molecule has 1 rings (SSSR count). The third-order valence-electron chi connectivity index (χ3n) is 2.14. The Kier molecular flexibility index (Phi) is 4.19. The Hall–Kier alpha value is -0.620. The number of alkyl halides is 3. The molecule has 1 N–H and O–H groups in total. The summed E-state index contributed by atoms with van der Waals surface area (Å²) in [6.45, 7) is 8.31. The van der Waals surface area contributed by atoms with E-state index in [1.54, 1.807) is 0 Å². The lowest BCUT2D eigenvalue weighted by Gasteiger charge is -2.13. The maximum atomic E-state index is 12.8. The summed E-state index contributed by atoms with van der Waals surface area (Å²) < 4.78 is 38.4. The molecule has 0 saturated heterocycles. The van der Waals surface area contributed by atoms with E-state index < -0.39 is 11.9 Å². The Balaban J connectivity index is 3.13. The number of hydrogen-bond acceptors (Lipinski definition) is 3. The van der Waals surface area contributed by atoms with Crippen molar-refractivity contribution in [1.29, 1.82) is 0 Å². The van der Waals surface area contributed by atoms with Crippen molar-refractivity contribution in [3.63, 3.8) is 0 Å². The second-order valence-corrected chi connectivity index (χ2v) is 5.90. The van der Waals surface area contributed by atoms with Crippen molar-refractivity contribution in [2.75, 3.05) is 6.54 Å². The lowest BCUT2D eigenvalue weighted by atomic mass is 9.98. The Morgan fingerprint density at radius 3 is 2.24 bits per heavy atom. The van der Waals surface area contributed by atoms with E-state index in [0.717, 1.165) is 11.3 Å². The fraction of sp³-hybridized carbons (Fsp3) is 0.727. The quantitative estimate of drug-likeness (QED) is 0.904. The van der Waals surface area contributed by atoms with Crippen LogP contribution in [-0.4, -0.2) is 11.5 Å². The molecule has 0 aliphatic carbocycles. The minimum Gasteiger partial charge on any atom is -0.312 e. The van der Waals surface area contributed by atoms with Gasteiger partial charge in [-0.25, -0.2) is 4.98 Å². The van der Waals surface area contributed by atoms with E-state index in [9.17, 15) is 13.2 Å². The molecule has 0 fully saturated rings. The molecule has 0 aliphatic heterocycles. The highest BCUT2D eigenvalue weighted by Crippen LogP contribution is 2.37. The van der Waals surface area contributed by atoms with Gasteiger partial charge < -0.3 is 5.32 Å². The number of thiazole rings is 1. The molecule has 98 valence electrons. The maximum absolute atomic E-state index is 12.8. The highest BCUT2D eigenvalue weighted by atomic mass is 32.1. The van der Waals surface area contributed by atoms with Gasteiger partial charge in [0.1, 0.15) is 0 Å². The molecular formula is C11H17F3N2S. The van der Waals surface area contributed by atoms with Crippen molar-refractivity contribution in [2.45, 2.75) is 45.8 Å². The number of nitrogens with one attached hydrogen (secondary N) is 1. The minimum atomic E-state index is -4.37. The van der Waals surface area contributed by atoms with Crippen molar-refractivity contribution in [3.05, 3.63) is 15.6 Å². The zero-order valence-electron chi connectivity index (χ0n) is 10.4. The van der Waals surface area contributed by atoms with Crippen LogP contribution in [-0.2, 0) is 18.1 Å². The van der Waals surface area contributed by atoms with Crippen molar-refractivity contribution in [2.24, 2.45) is 0 Å². The summed E-state index contributed by atoms with van der Waals surface area (Å²) in [5, 5.41) is 3.44. The molecule has 1 heterocycles. The average Bonchev–Trinajstić information content (AvgIpc) is 2.56. The molecule has 0 amide bonds. The SMILES string of the molecule is CCNCc1sc(C(C)(C)C)nc1C(F)(F)F. The van der Waals surface area contributed by atoms with Gasteiger partial charge in [0.25, 0.3) is 0 Å². The van der Waals surface area contributed by atoms with E-state index in [1.165, 1.54) is 0 Å². The summed E-state index contributed by atoms with van der Waals surface area (Å²) in [4.78, 5) is 4.03. The molecule has 0 unspecified atom stereocenters. The first kappa shape index (κ1) is 14.4. The van der Waals surface area contributed by atoms with E-state index in [4.69, 9.17) is 0 Å². The monoisotopic (exact) mass is 266 g/mol. The van der Waals surface area contributed by atoms with Gasteiger partial charge in [-0.3, -0.25) is 0 Å². The Morgan fingerprint density at radius 2 is 1.82 bits per heavy atom. The smallest absolute Gasteiger partial charge is 0.312 e. The number of halogens is 3. The Labute approximate surface area is 103 Å². The van der Waals surface area contributed by atoms with Crippen LogP contribution in [0.2, 0.25) is 0 Å². The van der Waals surface area contributed by atoms with Crippen LogP contribution in [0.4, 0.5) is 13.2 Å². The van der Waals surface area contributed by atoms with Crippen LogP contribution in [0, 0.1) is 0 Å². The standard InChI is InChI=1S/C11H17F3N2S/c1-5-15-6-7-8(11(12,13)14)16-9(17-7)10(2,3)4/h15H,5-6H2,1-4H3. The summed E-state index contributed by atoms with van der Waals surface area (Å²) in [5.74, 6) is 0. The lowest BCUT2D eigenvalue weighted by molar-refractivity contribution is -0.141. The molecule has 0 bridgehead atoms. The molecule has 1 aromatic rings. The lowest BCUT2D eigenvalue weighted by Crippen LogP contribution is -2.16. The van der Waals surface area contributed by atoms with Crippen molar-refractivity contribution < 1.29 is 13.2 Å². The third-order valence-corrected chi connectivity index (χ3v) is 3.62. The average molecular weight is 266 g/mol. The molecule has 0 spiro atoms. The molecule has 1 aromatic heterocycles. The summed E-state index contributed by atoms with van der Waals surface area (Å²) in [6, 6.07) is 0. The number of rotatable bonds is 3. The first-order valence-corrected chi connectivity index (χ1v) is 6.26. The van der Waals surface area contributed by atoms with E-state index >= 15 is 0 Å². The first-order valence-electron chi connectivity index (χ1n) is 5.44. The largest absolute Gasteiger partial charge is 0.434 e.